The second-order valence-electron chi connectivity index (χ2n) is 24.3. The van der Waals surface area contributed by atoms with Crippen LogP contribution in [0.5, 0.6) is 0 Å². The van der Waals surface area contributed by atoms with Crippen molar-refractivity contribution in [2.75, 3.05) is 31.2 Å². The van der Waals surface area contributed by atoms with Gasteiger partial charge in [0.05, 0.1) is 43.2 Å². The van der Waals surface area contributed by atoms with Gasteiger partial charge >= 0.3 is 12.1 Å². The van der Waals surface area contributed by atoms with Crippen LogP contribution in [0.1, 0.15) is 111 Å². The fraction of sp³-hybridized carbons (Fsp3) is 0.547. The maximum Gasteiger partial charge on any atom is 0.407 e. The highest BCUT2D eigenvalue weighted by molar-refractivity contribution is 8.76. The Morgan fingerprint density at radius 2 is 1.39 bits per heavy atom. The first-order valence-corrected chi connectivity index (χ1v) is 32.8. The molecule has 7 amide bonds. The highest BCUT2D eigenvalue weighted by Gasteiger charge is 2.38. The molecule has 25 heteroatoms. The van der Waals surface area contributed by atoms with E-state index in [2.05, 4.69) is 42.2 Å². The summed E-state index contributed by atoms with van der Waals surface area (Å²) in [6.45, 7) is 13.0. The number of carbonyl (C=O) groups is 9. The van der Waals surface area contributed by atoms with E-state index in [0.29, 0.717) is 17.5 Å². The van der Waals surface area contributed by atoms with Crippen LogP contribution in [0, 0.1) is 17.3 Å². The average Bonchev–Trinajstić information content (AvgIpc) is 2.16. The number of fused-ring (bicyclic) bond motifs is 1. The second kappa shape index (κ2) is 35.4. The van der Waals surface area contributed by atoms with Crippen LogP contribution in [0.2, 0.25) is 0 Å². The van der Waals surface area contributed by atoms with E-state index in [4.69, 9.17) is 15.2 Å². The molecule has 0 spiro atoms. The number of hydrogen-bond acceptors (Lipinski definition) is 17. The van der Waals surface area contributed by atoms with Gasteiger partial charge in [-0.25, -0.2) is 4.79 Å². The Morgan fingerprint density at radius 1 is 0.764 bits per heavy atom. The van der Waals surface area contributed by atoms with Crippen molar-refractivity contribution in [3.05, 3.63) is 108 Å². The quantitative estimate of drug-likeness (QED) is 0.0269. The number of aromatic nitrogens is 1. The lowest BCUT2D eigenvalue weighted by atomic mass is 9.85. The SMILES string of the molecule is CCC(OC(=O)CC(Cc1ccccc1)C(=O)NC1CSSCC(C(=O)NC(CO)C(C)O)NC(=O)C(C(C)O)NC(=O)C(CCCCNC(=O)OC(C)(C)C)NC(=O)C(Cc2c[nH]c3ccccc23)NC(=O)C(Cc2ccccc2)CC1=O)C(C)(C)CN. The molecule has 11 atom stereocenters. The van der Waals surface area contributed by atoms with E-state index in [0.717, 1.165) is 38.1 Å². The molecule has 89 heavy (non-hydrogen) atoms. The highest BCUT2D eigenvalue weighted by Crippen LogP contribution is 2.29. The van der Waals surface area contributed by atoms with E-state index < -0.39 is 144 Å². The van der Waals surface area contributed by atoms with Crippen molar-refractivity contribution in [2.24, 2.45) is 23.0 Å². The smallest absolute Gasteiger partial charge is 0.407 e. The fourth-order valence-corrected chi connectivity index (χ4v) is 12.4. The van der Waals surface area contributed by atoms with Gasteiger partial charge in [0.2, 0.25) is 35.4 Å². The zero-order valence-corrected chi connectivity index (χ0v) is 53.8. The van der Waals surface area contributed by atoms with Crippen LogP contribution in [0.3, 0.4) is 0 Å². The number of para-hydroxylation sites is 1. The first-order valence-electron chi connectivity index (χ1n) is 30.3. The number of ketones is 1. The summed E-state index contributed by atoms with van der Waals surface area (Å²) in [7, 11) is 2.03. The number of benzene rings is 3. The van der Waals surface area contributed by atoms with Crippen LogP contribution in [0.25, 0.3) is 10.9 Å². The van der Waals surface area contributed by atoms with Crippen LogP contribution in [-0.4, -0.2) is 165 Å². The fourth-order valence-electron chi connectivity index (χ4n) is 10.0. The molecule has 13 N–H and O–H groups in total. The van der Waals surface area contributed by atoms with Crippen LogP contribution in [0.15, 0.2) is 91.1 Å². The van der Waals surface area contributed by atoms with Crippen molar-refractivity contribution in [2.45, 2.75) is 173 Å². The van der Waals surface area contributed by atoms with Crippen LogP contribution in [-0.2, 0) is 67.1 Å². The van der Waals surface area contributed by atoms with Crippen molar-refractivity contribution in [3.8, 4) is 0 Å². The molecule has 0 bridgehead atoms. The normalized spacial score (nSPS) is 21.3. The molecular weight excluding hydrogens is 1180 g/mol. The van der Waals surface area contributed by atoms with Gasteiger partial charge in [0, 0.05) is 65.9 Å². The zero-order chi connectivity index (χ0) is 65.4. The van der Waals surface area contributed by atoms with E-state index in [-0.39, 0.29) is 69.5 Å². The van der Waals surface area contributed by atoms with Crippen molar-refractivity contribution >= 4 is 85.8 Å². The number of hydrogen-bond donors (Lipinski definition) is 12. The number of aromatic amines is 1. The third-order valence-electron chi connectivity index (χ3n) is 15.3. The molecule has 1 saturated heterocycles. The minimum absolute atomic E-state index is 0.0104. The first kappa shape index (κ1) is 72.7. The predicted octanol–water partition coefficient (Wildman–Crippen LogP) is 3.84. The third kappa shape index (κ3) is 23.7. The van der Waals surface area contributed by atoms with Crippen LogP contribution in [0.4, 0.5) is 4.79 Å². The number of aliphatic hydroxyl groups is 3. The average molecular weight is 1270 g/mol. The number of Topliss-reactive ketones (excluding diaryl/α,β-unsaturated/α-hetero) is 1. The molecule has 0 saturated carbocycles. The van der Waals surface area contributed by atoms with Gasteiger partial charge in [-0.15, -0.1) is 0 Å². The highest BCUT2D eigenvalue weighted by atomic mass is 33.1. The van der Waals surface area contributed by atoms with Gasteiger partial charge in [-0.05, 0) is 95.9 Å². The number of H-pyrrole nitrogens is 1. The topological polar surface area (TPSA) is 359 Å². The van der Waals surface area contributed by atoms with Crippen LogP contribution >= 0.6 is 21.6 Å². The summed E-state index contributed by atoms with van der Waals surface area (Å²) in [5, 5.41) is 51.3. The Morgan fingerprint density at radius 3 is 2.02 bits per heavy atom. The largest absolute Gasteiger partial charge is 0.462 e. The lowest BCUT2D eigenvalue weighted by Gasteiger charge is -2.32. The number of nitrogens with one attached hydrogen (secondary N) is 8. The molecule has 23 nitrogen and oxygen atoms in total. The molecule has 1 aliphatic heterocycles. The molecule has 1 aliphatic rings. The van der Waals surface area contributed by atoms with E-state index >= 15 is 14.4 Å². The number of unbranched alkanes of at least 4 members (excludes halogenated alkanes) is 1. The van der Waals surface area contributed by atoms with Gasteiger partial charge in [0.15, 0.2) is 5.78 Å². The Labute approximate surface area is 528 Å². The molecule has 0 radical (unpaired) electrons. The Balaban J connectivity index is 1.61. The number of alkyl carbamates (subject to hydrolysis) is 1. The number of ether oxygens (including phenoxy) is 2. The van der Waals surface area contributed by atoms with E-state index in [1.165, 1.54) is 13.8 Å². The molecule has 11 unspecified atom stereocenters. The Bertz CT molecular complexity index is 2980. The lowest BCUT2D eigenvalue weighted by Crippen LogP contribution is -2.62. The van der Waals surface area contributed by atoms with Gasteiger partial charge in [-0.2, -0.15) is 0 Å². The first-order chi connectivity index (χ1) is 42.2. The number of carbonyl (C=O) groups excluding carboxylic acids is 9. The number of aliphatic hydroxyl groups excluding tert-OH is 3. The van der Waals surface area contributed by atoms with E-state index in [1.807, 2.05) is 51.1 Å². The molecule has 2 heterocycles. The number of esters is 1. The number of nitrogens with two attached hydrogens (primary N) is 1. The molecule has 5 rings (SSSR count). The van der Waals surface area contributed by atoms with E-state index in [9.17, 15) is 44.1 Å². The summed E-state index contributed by atoms with van der Waals surface area (Å²) >= 11 is 0. The molecule has 1 fully saturated rings. The summed E-state index contributed by atoms with van der Waals surface area (Å²) in [4.78, 5) is 133. The molecule has 1 aromatic heterocycles. The summed E-state index contributed by atoms with van der Waals surface area (Å²) in [5.41, 5.74) is 7.44. The van der Waals surface area contributed by atoms with Gasteiger partial charge in [-0.1, -0.05) is 121 Å². The minimum Gasteiger partial charge on any atom is -0.462 e. The van der Waals surface area contributed by atoms with Gasteiger partial charge < -0.3 is 72.7 Å². The maximum atomic E-state index is 15.2. The molecule has 0 aliphatic carbocycles. The van der Waals surface area contributed by atoms with Crippen molar-refractivity contribution in [1.29, 1.82) is 0 Å². The lowest BCUT2D eigenvalue weighted by molar-refractivity contribution is -0.157. The van der Waals surface area contributed by atoms with Crippen molar-refractivity contribution < 1.29 is 67.9 Å². The summed E-state index contributed by atoms with van der Waals surface area (Å²) in [6.07, 6.45) is -2.49. The van der Waals surface area contributed by atoms with Crippen molar-refractivity contribution in [3.63, 3.8) is 0 Å². The maximum absolute atomic E-state index is 15.2. The predicted molar refractivity (Wildman–Crippen MR) is 342 cm³/mol. The second-order valence-corrected chi connectivity index (χ2v) is 26.8. The molecule has 3 aromatic carbocycles. The minimum atomic E-state index is -1.75. The summed E-state index contributed by atoms with van der Waals surface area (Å²) < 4.78 is 11.3. The Kier molecular flexibility index (Phi) is 28.9. The number of rotatable bonds is 24. The van der Waals surface area contributed by atoms with Crippen LogP contribution < -0.4 is 43.0 Å². The van der Waals surface area contributed by atoms with Crippen molar-refractivity contribution in [1.82, 2.24) is 42.2 Å². The standard InChI is InChI=1S/C64H91N9O14S2/c1-9-53(64(7,8)37-65)86-54(78)32-43(29-41-22-14-11-15-23-41)57(80)71-50-35-88-89-36-51(60(83)70-49(34-74)38(2)75)72-61(84)55(39(3)76)73-58(81)47(26-18-19-27-66-62(85)87-63(4,5)6)68-59(82)48(30-44-33-67-46-25-17-16-24-45(44)46)69-56(79)42(31-52(50)77)28-40-20-12-10-13-21-40/h10-17,20-25,33,38-39,42-43,47-51,53,55,67,74-76H,9,18-19,26-32,34-37,65H2,1-8H3,(H,66,85)(H,68,82)(H,69,79)(H,70,83)(H,71,80)(H,72,84)(H,73,81). The van der Waals surface area contributed by atoms with Gasteiger partial charge in [0.1, 0.15) is 35.9 Å². The third-order valence-corrected chi connectivity index (χ3v) is 17.7. The molecule has 4 aromatic rings. The monoisotopic (exact) mass is 1270 g/mol. The van der Waals surface area contributed by atoms with Gasteiger partial charge in [-0.3, -0.25) is 38.4 Å². The van der Waals surface area contributed by atoms with E-state index in [1.54, 1.807) is 81.6 Å². The zero-order valence-electron chi connectivity index (χ0n) is 52.1. The summed E-state index contributed by atoms with van der Waals surface area (Å²) in [5.74, 6) is -9.02. The number of amides is 7. The summed E-state index contributed by atoms with van der Waals surface area (Å²) in [6, 6.07) is 16.5. The van der Waals surface area contributed by atoms with Gasteiger partial charge in [0.25, 0.3) is 0 Å². The molecular formula is C64H91N9O14S2. The Hall–Kier alpha value is -7.03. The molecule has 488 valence electrons.